The summed E-state index contributed by atoms with van der Waals surface area (Å²) in [7, 11) is 0. The summed E-state index contributed by atoms with van der Waals surface area (Å²) in [6, 6.07) is 3.24. The SMILES string of the molecule is CCC[C@@]12CCC[C@H]3[C@H](N)Cc4c(n(c5cc(O)c(O)cc45)C(=O)C1)[C@H]32. The second kappa shape index (κ2) is 5.26. The smallest absolute Gasteiger partial charge is 0.231 e. The molecule has 5 heteroatoms. The van der Waals surface area contributed by atoms with E-state index in [9.17, 15) is 15.0 Å². The van der Waals surface area contributed by atoms with Gasteiger partial charge in [0.15, 0.2) is 11.5 Å². The van der Waals surface area contributed by atoms with Gasteiger partial charge in [-0.05, 0) is 48.6 Å². The van der Waals surface area contributed by atoms with Crippen molar-refractivity contribution in [2.24, 2.45) is 17.1 Å². The zero-order valence-electron chi connectivity index (χ0n) is 15.2. The average Bonchev–Trinajstić information content (AvgIpc) is 2.89. The van der Waals surface area contributed by atoms with Gasteiger partial charge in [0.25, 0.3) is 0 Å². The first-order valence-electron chi connectivity index (χ1n) is 9.85. The predicted octanol–water partition coefficient (Wildman–Crippen LogP) is 3.65. The molecule has 138 valence electrons. The van der Waals surface area contributed by atoms with Gasteiger partial charge < -0.3 is 15.9 Å². The molecule has 26 heavy (non-hydrogen) atoms. The Balaban J connectivity index is 1.86. The fourth-order valence-corrected chi connectivity index (χ4v) is 6.46. The average molecular weight is 354 g/mol. The third-order valence-electron chi connectivity index (χ3n) is 7.29. The molecule has 1 aliphatic heterocycles. The van der Waals surface area contributed by atoms with E-state index in [0.717, 1.165) is 60.7 Å². The topological polar surface area (TPSA) is 88.5 Å². The Bertz CT molecular complexity index is 927. The van der Waals surface area contributed by atoms with E-state index in [1.54, 1.807) is 6.07 Å². The van der Waals surface area contributed by atoms with Crippen LogP contribution in [0.15, 0.2) is 12.1 Å². The molecule has 0 radical (unpaired) electrons. The first-order valence-corrected chi connectivity index (χ1v) is 9.85. The van der Waals surface area contributed by atoms with Crippen molar-refractivity contribution >= 4 is 16.8 Å². The Kier molecular flexibility index (Phi) is 3.27. The summed E-state index contributed by atoms with van der Waals surface area (Å²) in [6.07, 6.45) is 6.80. The Morgan fingerprint density at radius 1 is 1.31 bits per heavy atom. The maximum absolute atomic E-state index is 13.2. The first kappa shape index (κ1) is 16.2. The van der Waals surface area contributed by atoms with Crippen LogP contribution in [-0.4, -0.2) is 26.7 Å². The van der Waals surface area contributed by atoms with E-state index < -0.39 is 0 Å². The Morgan fingerprint density at radius 3 is 2.85 bits per heavy atom. The van der Waals surface area contributed by atoms with E-state index in [4.69, 9.17) is 5.73 Å². The highest BCUT2D eigenvalue weighted by molar-refractivity contribution is 5.99. The summed E-state index contributed by atoms with van der Waals surface area (Å²) in [6.45, 7) is 2.20. The number of nitrogens with zero attached hydrogens (tertiary/aromatic N) is 1. The molecule has 1 aromatic carbocycles. The van der Waals surface area contributed by atoms with Crippen molar-refractivity contribution in [3.63, 3.8) is 0 Å². The van der Waals surface area contributed by atoms with E-state index in [0.29, 0.717) is 18.3 Å². The van der Waals surface area contributed by atoms with E-state index >= 15 is 0 Å². The van der Waals surface area contributed by atoms with Crippen LogP contribution >= 0.6 is 0 Å². The Morgan fingerprint density at radius 2 is 2.08 bits per heavy atom. The van der Waals surface area contributed by atoms with Crippen molar-refractivity contribution in [3.05, 3.63) is 23.4 Å². The number of aromatic nitrogens is 1. The van der Waals surface area contributed by atoms with Crippen molar-refractivity contribution in [2.45, 2.75) is 63.8 Å². The minimum atomic E-state index is -0.175. The fraction of sp³-hybridized carbons (Fsp3) is 0.571. The Labute approximate surface area is 152 Å². The van der Waals surface area contributed by atoms with Gasteiger partial charge in [-0.2, -0.15) is 0 Å². The molecule has 4 atom stereocenters. The third kappa shape index (κ3) is 1.87. The number of carbonyl (C=O) groups is 1. The third-order valence-corrected chi connectivity index (χ3v) is 7.29. The molecule has 1 saturated carbocycles. The highest BCUT2D eigenvalue weighted by Crippen LogP contribution is 2.61. The summed E-state index contributed by atoms with van der Waals surface area (Å²) in [5, 5.41) is 20.9. The van der Waals surface area contributed by atoms with Gasteiger partial charge in [-0.15, -0.1) is 0 Å². The molecule has 0 saturated heterocycles. The molecule has 0 unspecified atom stereocenters. The molecule has 0 spiro atoms. The number of hydrogen-bond acceptors (Lipinski definition) is 4. The number of hydrogen-bond donors (Lipinski definition) is 3. The lowest BCUT2D eigenvalue weighted by atomic mass is 9.52. The molecule has 0 bridgehead atoms. The van der Waals surface area contributed by atoms with Crippen LogP contribution in [-0.2, 0) is 6.42 Å². The molecule has 2 heterocycles. The zero-order chi connectivity index (χ0) is 18.2. The number of aromatic hydroxyl groups is 2. The lowest BCUT2D eigenvalue weighted by Crippen LogP contribution is -2.53. The number of phenolic OH excluding ortho intramolecular Hbond substituents is 2. The van der Waals surface area contributed by atoms with Crippen molar-refractivity contribution in [1.29, 1.82) is 0 Å². The van der Waals surface area contributed by atoms with E-state index in [2.05, 4.69) is 6.92 Å². The van der Waals surface area contributed by atoms with Crippen LogP contribution in [0, 0.1) is 11.3 Å². The van der Waals surface area contributed by atoms with Crippen LogP contribution in [0.1, 0.15) is 67.4 Å². The largest absolute Gasteiger partial charge is 0.504 e. The molecule has 1 aromatic heterocycles. The molecule has 0 amide bonds. The van der Waals surface area contributed by atoms with Crippen LogP contribution in [0.2, 0.25) is 0 Å². The van der Waals surface area contributed by atoms with Crippen LogP contribution in [0.4, 0.5) is 0 Å². The number of benzene rings is 1. The van der Waals surface area contributed by atoms with Gasteiger partial charge in [-0.3, -0.25) is 9.36 Å². The van der Waals surface area contributed by atoms with Crippen molar-refractivity contribution in [3.8, 4) is 11.5 Å². The monoisotopic (exact) mass is 354 g/mol. The Hall–Kier alpha value is -2.01. The van der Waals surface area contributed by atoms with E-state index in [1.165, 1.54) is 6.07 Å². The van der Waals surface area contributed by atoms with Gasteiger partial charge in [-0.1, -0.05) is 19.8 Å². The van der Waals surface area contributed by atoms with Crippen molar-refractivity contribution in [1.82, 2.24) is 4.57 Å². The lowest BCUT2D eigenvalue weighted by molar-refractivity contribution is 0.0296. The molecule has 4 N–H and O–H groups in total. The normalized spacial score (nSPS) is 32.7. The molecule has 2 aliphatic carbocycles. The fourth-order valence-electron chi connectivity index (χ4n) is 6.46. The van der Waals surface area contributed by atoms with E-state index in [-0.39, 0.29) is 28.9 Å². The molecular formula is C21H26N2O3. The summed E-state index contributed by atoms with van der Waals surface area (Å²) in [4.78, 5) is 13.2. The summed E-state index contributed by atoms with van der Waals surface area (Å²) in [5.74, 6) is 0.544. The minimum absolute atomic E-state index is 0.0238. The molecule has 3 aliphatic rings. The van der Waals surface area contributed by atoms with Crippen molar-refractivity contribution in [2.75, 3.05) is 0 Å². The van der Waals surface area contributed by atoms with Crippen LogP contribution < -0.4 is 5.73 Å². The second-order valence-electron chi connectivity index (χ2n) is 8.64. The summed E-state index contributed by atoms with van der Waals surface area (Å²) >= 11 is 0. The molecular weight excluding hydrogens is 328 g/mol. The molecule has 5 rings (SSSR count). The maximum atomic E-state index is 13.2. The van der Waals surface area contributed by atoms with Gasteiger partial charge in [0, 0.05) is 35.5 Å². The predicted molar refractivity (Wildman–Crippen MR) is 99.6 cm³/mol. The summed E-state index contributed by atoms with van der Waals surface area (Å²) < 4.78 is 1.84. The molecule has 5 nitrogen and oxygen atoms in total. The minimum Gasteiger partial charge on any atom is -0.504 e. The van der Waals surface area contributed by atoms with Gasteiger partial charge >= 0.3 is 0 Å². The second-order valence-corrected chi connectivity index (χ2v) is 8.64. The zero-order valence-corrected chi connectivity index (χ0v) is 15.2. The lowest BCUT2D eigenvalue weighted by Gasteiger charge is -2.54. The number of rotatable bonds is 2. The van der Waals surface area contributed by atoms with Gasteiger partial charge in [0.2, 0.25) is 5.91 Å². The number of carbonyl (C=O) groups excluding carboxylic acids is 1. The van der Waals surface area contributed by atoms with Gasteiger partial charge in [0.05, 0.1) is 5.52 Å². The van der Waals surface area contributed by atoms with E-state index in [1.807, 2.05) is 4.57 Å². The van der Waals surface area contributed by atoms with Crippen LogP contribution in [0.25, 0.3) is 10.9 Å². The van der Waals surface area contributed by atoms with Crippen molar-refractivity contribution < 1.29 is 15.0 Å². The number of phenols is 2. The van der Waals surface area contributed by atoms with Gasteiger partial charge in [-0.25, -0.2) is 0 Å². The number of nitrogens with two attached hydrogens (primary N) is 1. The quantitative estimate of drug-likeness (QED) is 0.718. The number of fused-ring (bicyclic) bond motifs is 3. The summed E-state index contributed by atoms with van der Waals surface area (Å²) in [5.41, 5.74) is 9.62. The molecule has 2 aromatic rings. The maximum Gasteiger partial charge on any atom is 0.231 e. The van der Waals surface area contributed by atoms with Crippen LogP contribution in [0.5, 0.6) is 11.5 Å². The highest BCUT2D eigenvalue weighted by Gasteiger charge is 2.55. The highest BCUT2D eigenvalue weighted by atomic mass is 16.3. The molecule has 1 fully saturated rings. The van der Waals surface area contributed by atoms with Crippen LogP contribution in [0.3, 0.4) is 0 Å². The standard InChI is InChI=1S/C21H26N2O3/c1-2-5-21-6-3-4-11-14(22)7-13-12-8-16(24)17(25)9-15(12)23(18(26)10-21)20(13)19(11)21/h8-9,11,14,19,24-25H,2-7,10,22H2,1H3/t11-,14+,19-,21+/m0/s1. The van der Waals surface area contributed by atoms with Gasteiger partial charge in [0.1, 0.15) is 0 Å². The first-order chi connectivity index (χ1) is 12.5.